The molecule has 0 radical (unpaired) electrons. The lowest BCUT2D eigenvalue weighted by Gasteiger charge is -2.11. The molecule has 3 N–H and O–H groups in total. The summed E-state index contributed by atoms with van der Waals surface area (Å²) in [6.07, 6.45) is 0. The summed E-state index contributed by atoms with van der Waals surface area (Å²) in [5.74, 6) is -0.169. The highest BCUT2D eigenvalue weighted by Gasteiger charge is 2.00. The van der Waals surface area contributed by atoms with Crippen LogP contribution in [-0.4, -0.2) is 31.4 Å². The molecule has 82 valence electrons. The molecular formula is C11H17N3O. The van der Waals surface area contributed by atoms with Crippen molar-refractivity contribution in [2.45, 2.75) is 6.54 Å². The molecule has 0 bridgehead atoms. The molecular weight excluding hydrogens is 190 g/mol. The van der Waals surface area contributed by atoms with Crippen LogP contribution < -0.4 is 11.1 Å². The summed E-state index contributed by atoms with van der Waals surface area (Å²) < 4.78 is 0. The normalized spacial score (nSPS) is 10.4. The summed E-state index contributed by atoms with van der Waals surface area (Å²) in [5.41, 5.74) is 7.18. The van der Waals surface area contributed by atoms with Gasteiger partial charge in [0.25, 0.3) is 0 Å². The van der Waals surface area contributed by atoms with Gasteiger partial charge in [-0.25, -0.2) is 0 Å². The molecule has 0 aliphatic rings. The van der Waals surface area contributed by atoms with Gasteiger partial charge in [0.15, 0.2) is 0 Å². The Hall–Kier alpha value is -1.39. The fourth-order valence-corrected chi connectivity index (χ4v) is 1.32. The topological polar surface area (TPSA) is 58.4 Å². The number of hydrogen-bond acceptors (Lipinski definition) is 3. The Morgan fingerprint density at radius 1 is 1.47 bits per heavy atom. The molecule has 0 aromatic heterocycles. The Morgan fingerprint density at radius 3 is 2.80 bits per heavy atom. The average Bonchev–Trinajstić information content (AvgIpc) is 2.17. The highest BCUT2D eigenvalue weighted by Crippen LogP contribution is 2.11. The van der Waals surface area contributed by atoms with E-state index in [1.165, 1.54) is 0 Å². The Bertz CT molecular complexity index is 336. The van der Waals surface area contributed by atoms with E-state index in [1.807, 2.05) is 38.4 Å². The fourth-order valence-electron chi connectivity index (χ4n) is 1.32. The van der Waals surface area contributed by atoms with Crippen LogP contribution in [-0.2, 0) is 11.3 Å². The Morgan fingerprint density at radius 2 is 2.20 bits per heavy atom. The standard InChI is InChI=1S/C11H17N3O/c1-14(2)8-9-4-3-5-10(6-9)13-11(15)7-12/h3-6H,7-8,12H2,1-2H3,(H,13,15). The zero-order chi connectivity index (χ0) is 11.3. The molecule has 1 aromatic carbocycles. The van der Waals surface area contributed by atoms with E-state index in [-0.39, 0.29) is 12.5 Å². The Labute approximate surface area is 90.1 Å². The fraction of sp³-hybridized carbons (Fsp3) is 0.364. The highest BCUT2D eigenvalue weighted by molar-refractivity contribution is 5.92. The first kappa shape index (κ1) is 11.7. The van der Waals surface area contributed by atoms with E-state index in [4.69, 9.17) is 5.73 Å². The van der Waals surface area contributed by atoms with Crippen molar-refractivity contribution in [1.82, 2.24) is 4.90 Å². The van der Waals surface area contributed by atoms with Gasteiger partial charge in [-0.2, -0.15) is 0 Å². The zero-order valence-electron chi connectivity index (χ0n) is 9.16. The number of nitrogens with one attached hydrogen (secondary N) is 1. The lowest BCUT2D eigenvalue weighted by molar-refractivity contribution is -0.114. The molecule has 0 aliphatic carbocycles. The number of nitrogens with zero attached hydrogens (tertiary/aromatic N) is 1. The zero-order valence-corrected chi connectivity index (χ0v) is 9.16. The number of nitrogens with two attached hydrogens (primary N) is 1. The summed E-state index contributed by atoms with van der Waals surface area (Å²) in [6, 6.07) is 7.75. The van der Waals surface area contributed by atoms with E-state index in [0.29, 0.717) is 0 Å². The molecule has 0 heterocycles. The van der Waals surface area contributed by atoms with Gasteiger partial charge in [-0.3, -0.25) is 4.79 Å². The van der Waals surface area contributed by atoms with Crippen LogP contribution in [0.3, 0.4) is 0 Å². The molecule has 1 aromatic rings. The summed E-state index contributed by atoms with van der Waals surface area (Å²) in [6.45, 7) is 0.865. The third-order valence-corrected chi connectivity index (χ3v) is 1.89. The molecule has 0 unspecified atom stereocenters. The van der Waals surface area contributed by atoms with Crippen LogP contribution >= 0.6 is 0 Å². The number of amides is 1. The average molecular weight is 207 g/mol. The van der Waals surface area contributed by atoms with Gasteiger partial charge in [0.05, 0.1) is 6.54 Å². The van der Waals surface area contributed by atoms with Gasteiger partial charge in [0.1, 0.15) is 0 Å². The van der Waals surface area contributed by atoms with Crippen LogP contribution in [0.1, 0.15) is 5.56 Å². The van der Waals surface area contributed by atoms with Crippen LogP contribution in [0.4, 0.5) is 5.69 Å². The number of hydrogen-bond donors (Lipinski definition) is 2. The van der Waals surface area contributed by atoms with Gasteiger partial charge in [-0.05, 0) is 31.8 Å². The van der Waals surface area contributed by atoms with Gasteiger partial charge < -0.3 is 16.0 Å². The van der Waals surface area contributed by atoms with Gasteiger partial charge in [0, 0.05) is 12.2 Å². The molecule has 0 spiro atoms. The minimum Gasteiger partial charge on any atom is -0.325 e. The third kappa shape index (κ3) is 4.10. The maximum Gasteiger partial charge on any atom is 0.238 e. The number of carbonyl (C=O) groups excluding carboxylic acids is 1. The van der Waals surface area contributed by atoms with Crippen molar-refractivity contribution in [2.24, 2.45) is 5.73 Å². The van der Waals surface area contributed by atoms with Crippen LogP contribution in [0, 0.1) is 0 Å². The van der Waals surface area contributed by atoms with Crippen molar-refractivity contribution in [3.63, 3.8) is 0 Å². The maximum atomic E-state index is 11.1. The molecule has 0 aliphatic heterocycles. The van der Waals surface area contributed by atoms with Crippen LogP contribution in [0.2, 0.25) is 0 Å². The van der Waals surface area contributed by atoms with E-state index < -0.39 is 0 Å². The number of rotatable bonds is 4. The van der Waals surface area contributed by atoms with Crippen LogP contribution in [0.25, 0.3) is 0 Å². The molecule has 15 heavy (non-hydrogen) atoms. The van der Waals surface area contributed by atoms with Crippen molar-refractivity contribution in [3.8, 4) is 0 Å². The Balaban J connectivity index is 2.69. The predicted octanol–water partition coefficient (Wildman–Crippen LogP) is 0.645. The van der Waals surface area contributed by atoms with Crippen molar-refractivity contribution < 1.29 is 4.79 Å². The van der Waals surface area contributed by atoms with Gasteiger partial charge in [0.2, 0.25) is 5.91 Å². The van der Waals surface area contributed by atoms with Crippen molar-refractivity contribution in [1.29, 1.82) is 0 Å². The highest BCUT2D eigenvalue weighted by atomic mass is 16.1. The second-order valence-corrected chi connectivity index (χ2v) is 3.69. The third-order valence-electron chi connectivity index (χ3n) is 1.89. The number of anilines is 1. The van der Waals surface area contributed by atoms with Crippen molar-refractivity contribution in [3.05, 3.63) is 29.8 Å². The van der Waals surface area contributed by atoms with Crippen LogP contribution in [0.5, 0.6) is 0 Å². The minimum absolute atomic E-state index is 0.0118. The smallest absolute Gasteiger partial charge is 0.238 e. The van der Waals surface area contributed by atoms with Gasteiger partial charge in [-0.15, -0.1) is 0 Å². The summed E-state index contributed by atoms with van der Waals surface area (Å²) >= 11 is 0. The number of benzene rings is 1. The van der Waals surface area contributed by atoms with E-state index in [1.54, 1.807) is 0 Å². The van der Waals surface area contributed by atoms with Crippen LogP contribution in [0.15, 0.2) is 24.3 Å². The monoisotopic (exact) mass is 207 g/mol. The SMILES string of the molecule is CN(C)Cc1cccc(NC(=O)CN)c1. The lowest BCUT2D eigenvalue weighted by Crippen LogP contribution is -2.22. The summed E-state index contributed by atoms with van der Waals surface area (Å²) in [5, 5.41) is 2.72. The van der Waals surface area contributed by atoms with E-state index in [9.17, 15) is 4.79 Å². The largest absolute Gasteiger partial charge is 0.325 e. The van der Waals surface area contributed by atoms with Crippen molar-refractivity contribution in [2.75, 3.05) is 26.0 Å². The Kier molecular flexibility index (Phi) is 4.27. The van der Waals surface area contributed by atoms with Crippen molar-refractivity contribution >= 4 is 11.6 Å². The molecule has 0 saturated heterocycles. The molecule has 4 nitrogen and oxygen atoms in total. The summed E-state index contributed by atoms with van der Waals surface area (Å²) in [4.78, 5) is 13.1. The maximum absolute atomic E-state index is 11.1. The first-order chi connectivity index (χ1) is 7.11. The second kappa shape index (κ2) is 5.48. The first-order valence-electron chi connectivity index (χ1n) is 4.85. The van der Waals surface area contributed by atoms with E-state index >= 15 is 0 Å². The van der Waals surface area contributed by atoms with Gasteiger partial charge >= 0.3 is 0 Å². The van der Waals surface area contributed by atoms with Gasteiger partial charge in [-0.1, -0.05) is 12.1 Å². The molecule has 4 heteroatoms. The van der Waals surface area contributed by atoms with E-state index in [2.05, 4.69) is 10.2 Å². The molecule has 1 amide bonds. The molecule has 0 saturated carbocycles. The molecule has 1 rings (SSSR count). The summed E-state index contributed by atoms with van der Waals surface area (Å²) in [7, 11) is 4.01. The molecule has 0 atom stereocenters. The first-order valence-corrected chi connectivity index (χ1v) is 4.85. The lowest BCUT2D eigenvalue weighted by atomic mass is 10.2. The van der Waals surface area contributed by atoms with E-state index in [0.717, 1.165) is 17.8 Å². The quantitative estimate of drug-likeness (QED) is 0.762. The molecule has 0 fully saturated rings. The number of carbonyl (C=O) groups is 1. The predicted molar refractivity (Wildman–Crippen MR) is 61.5 cm³/mol. The minimum atomic E-state index is -0.169. The second-order valence-electron chi connectivity index (χ2n) is 3.69.